The van der Waals surface area contributed by atoms with Crippen LogP contribution in [0.4, 0.5) is 0 Å². The average molecular weight is 817 g/mol. The van der Waals surface area contributed by atoms with Gasteiger partial charge in [0, 0.05) is 6.08 Å². The number of ether oxygens (including phenoxy) is 8. The Balaban J connectivity index is 1.51. The molecule has 57 heavy (non-hydrogen) atoms. The van der Waals surface area contributed by atoms with Crippen molar-refractivity contribution in [2.24, 2.45) is 0 Å². The fourth-order valence-corrected chi connectivity index (χ4v) is 6.42. The van der Waals surface area contributed by atoms with E-state index in [4.69, 9.17) is 37.9 Å². The van der Waals surface area contributed by atoms with Crippen molar-refractivity contribution in [1.82, 2.24) is 0 Å². The van der Waals surface area contributed by atoms with Crippen LogP contribution >= 0.6 is 0 Å². The molecule has 0 bridgehead atoms. The molecule has 0 radical (unpaired) electrons. The molecule has 2 aromatic rings. The van der Waals surface area contributed by atoms with Crippen LogP contribution in [0.1, 0.15) is 11.1 Å². The quantitative estimate of drug-likeness (QED) is 0.0464. The first-order valence-corrected chi connectivity index (χ1v) is 17.8. The highest BCUT2D eigenvalue weighted by atomic mass is 16.8. The van der Waals surface area contributed by atoms with Crippen LogP contribution in [-0.2, 0) is 44.4 Å². The zero-order valence-corrected chi connectivity index (χ0v) is 30.4. The van der Waals surface area contributed by atoms with E-state index in [-0.39, 0.29) is 30.3 Å². The van der Waals surface area contributed by atoms with Gasteiger partial charge in [-0.25, -0.2) is 4.79 Å². The van der Waals surface area contributed by atoms with Crippen molar-refractivity contribution in [2.45, 2.75) is 98.5 Å². The second kappa shape index (κ2) is 19.8. The van der Waals surface area contributed by atoms with Crippen LogP contribution in [-0.4, -0.2) is 193 Å². The van der Waals surface area contributed by atoms with Crippen LogP contribution < -0.4 is 4.74 Å². The number of methoxy groups -OCH3 is 1. The van der Waals surface area contributed by atoms with Crippen LogP contribution in [0.15, 0.2) is 42.5 Å². The summed E-state index contributed by atoms with van der Waals surface area (Å²) in [5, 5.41) is 124. The van der Waals surface area contributed by atoms with Gasteiger partial charge in [0.15, 0.2) is 48.0 Å². The summed E-state index contributed by atoms with van der Waals surface area (Å²) >= 11 is 0. The molecule has 0 amide bonds. The maximum absolute atomic E-state index is 13.4. The molecule has 15 unspecified atom stereocenters. The van der Waals surface area contributed by atoms with E-state index in [2.05, 4.69) is 0 Å². The third kappa shape index (κ3) is 10.3. The third-order valence-corrected chi connectivity index (χ3v) is 9.63. The Morgan fingerprint density at radius 3 is 1.77 bits per heavy atom. The third-order valence-electron chi connectivity index (χ3n) is 9.63. The number of benzene rings is 2. The highest BCUT2D eigenvalue weighted by molar-refractivity contribution is 5.87. The van der Waals surface area contributed by atoms with Crippen LogP contribution in [0.5, 0.6) is 23.0 Å². The predicted molar refractivity (Wildman–Crippen MR) is 186 cm³/mol. The van der Waals surface area contributed by atoms with E-state index in [1.165, 1.54) is 49.6 Å². The molecule has 3 saturated heterocycles. The van der Waals surface area contributed by atoms with Gasteiger partial charge < -0.3 is 99.2 Å². The predicted octanol–water partition coefficient (Wildman–Crippen LogP) is -3.92. The average Bonchev–Trinajstić information content (AvgIpc) is 3.20. The lowest BCUT2D eigenvalue weighted by atomic mass is 9.95. The summed E-state index contributed by atoms with van der Waals surface area (Å²) in [5.41, 5.74) is 0.860. The number of esters is 1. The van der Waals surface area contributed by atoms with Crippen LogP contribution in [0.25, 0.3) is 6.08 Å². The van der Waals surface area contributed by atoms with Crippen molar-refractivity contribution in [2.75, 3.05) is 33.5 Å². The molecule has 12 N–H and O–H groups in total. The molecule has 3 aliphatic heterocycles. The van der Waals surface area contributed by atoms with E-state index >= 15 is 0 Å². The van der Waals surface area contributed by atoms with Gasteiger partial charge in [0.2, 0.25) is 0 Å². The van der Waals surface area contributed by atoms with Crippen molar-refractivity contribution >= 4 is 12.0 Å². The van der Waals surface area contributed by atoms with Crippen molar-refractivity contribution in [3.05, 3.63) is 53.6 Å². The number of phenols is 3. The van der Waals surface area contributed by atoms with Crippen molar-refractivity contribution in [3.8, 4) is 23.0 Å². The summed E-state index contributed by atoms with van der Waals surface area (Å²) in [6.07, 6.45) is -24.5. The normalized spacial score (nSPS) is 35.9. The van der Waals surface area contributed by atoms with Gasteiger partial charge in [0.05, 0.1) is 33.5 Å². The number of aromatic hydroxyl groups is 3. The highest BCUT2D eigenvalue weighted by Crippen LogP contribution is 2.36. The summed E-state index contributed by atoms with van der Waals surface area (Å²) in [6.45, 7) is -2.82. The summed E-state index contributed by atoms with van der Waals surface area (Å²) in [6, 6.07) is 8.18. The molecule has 3 fully saturated rings. The molecule has 5 rings (SSSR count). The number of carbonyl (C=O) groups excluding carboxylic acids is 1. The first kappa shape index (κ1) is 44.4. The van der Waals surface area contributed by atoms with Crippen LogP contribution in [0, 0.1) is 0 Å². The Hall–Kier alpha value is -3.75. The fraction of sp³-hybridized carbons (Fsp3) is 0.583. The van der Waals surface area contributed by atoms with Gasteiger partial charge in [0.1, 0.15) is 67.1 Å². The summed E-state index contributed by atoms with van der Waals surface area (Å²) in [5.74, 6) is -1.93. The second-order valence-corrected chi connectivity index (χ2v) is 13.4. The van der Waals surface area contributed by atoms with Crippen molar-refractivity contribution in [3.63, 3.8) is 0 Å². The summed E-state index contributed by atoms with van der Waals surface area (Å²) in [4.78, 5) is 13.4. The van der Waals surface area contributed by atoms with Crippen LogP contribution in [0.2, 0.25) is 0 Å². The van der Waals surface area contributed by atoms with E-state index in [9.17, 15) is 66.1 Å². The van der Waals surface area contributed by atoms with Gasteiger partial charge in [0.25, 0.3) is 0 Å². The van der Waals surface area contributed by atoms with Gasteiger partial charge in [-0.1, -0.05) is 12.1 Å². The fourth-order valence-electron chi connectivity index (χ4n) is 6.42. The standard InChI is InChI=1S/C36H48O21/c1-50-20-11-15(3-6-18(20)41)4-7-24(43)55-31-23(14-39)54-36(51-9-8-16-2-5-17(40)19(42)10-16)33(57-35-30(49)28(47)26(45)22(13-38)53-35)32(31)56-34-29(48)27(46)25(44)21(12-37)52-34/h2-7,10-11,21-23,25-42,44-49H,8-9,12-14H2,1H3. The Morgan fingerprint density at radius 1 is 0.649 bits per heavy atom. The number of carbonyl (C=O) groups is 1. The number of aliphatic hydroxyl groups excluding tert-OH is 9. The van der Waals surface area contributed by atoms with Crippen LogP contribution in [0.3, 0.4) is 0 Å². The van der Waals surface area contributed by atoms with Gasteiger partial charge in [-0.15, -0.1) is 0 Å². The number of phenolic OH excluding ortho intramolecular Hbond substituents is 3. The van der Waals surface area contributed by atoms with Gasteiger partial charge >= 0.3 is 5.97 Å². The monoisotopic (exact) mass is 816 g/mol. The number of hydrogen-bond donors (Lipinski definition) is 12. The molecular formula is C36H48O21. The van der Waals surface area contributed by atoms with E-state index in [0.717, 1.165) is 6.08 Å². The zero-order chi connectivity index (χ0) is 41.6. The first-order chi connectivity index (χ1) is 27.2. The van der Waals surface area contributed by atoms with Crippen molar-refractivity contribution in [1.29, 1.82) is 0 Å². The zero-order valence-electron chi connectivity index (χ0n) is 30.4. The Kier molecular flexibility index (Phi) is 15.4. The Morgan fingerprint density at radius 2 is 1.21 bits per heavy atom. The molecule has 21 heteroatoms. The molecule has 3 aliphatic rings. The topological polar surface area (TPSA) is 334 Å². The maximum atomic E-state index is 13.4. The number of hydrogen-bond acceptors (Lipinski definition) is 21. The molecule has 0 aromatic heterocycles. The molecule has 3 heterocycles. The van der Waals surface area contributed by atoms with Gasteiger partial charge in [-0.2, -0.15) is 0 Å². The molecule has 0 spiro atoms. The van der Waals surface area contributed by atoms with E-state index in [0.29, 0.717) is 11.1 Å². The molecule has 2 aromatic carbocycles. The van der Waals surface area contributed by atoms with E-state index in [1.54, 1.807) is 0 Å². The minimum absolute atomic E-state index is 0.0632. The minimum atomic E-state index is -2.02. The molecule has 21 nitrogen and oxygen atoms in total. The van der Waals surface area contributed by atoms with E-state index < -0.39 is 124 Å². The minimum Gasteiger partial charge on any atom is -0.504 e. The number of rotatable bonds is 15. The highest BCUT2D eigenvalue weighted by Gasteiger charge is 2.56. The maximum Gasteiger partial charge on any atom is 0.331 e. The van der Waals surface area contributed by atoms with Gasteiger partial charge in [-0.05, 0) is 47.9 Å². The molecular weight excluding hydrogens is 768 g/mol. The van der Waals surface area contributed by atoms with Crippen molar-refractivity contribution < 1.29 is 104 Å². The molecule has 318 valence electrons. The largest absolute Gasteiger partial charge is 0.504 e. The summed E-state index contributed by atoms with van der Waals surface area (Å²) < 4.78 is 46.1. The Bertz CT molecular complexity index is 1640. The summed E-state index contributed by atoms with van der Waals surface area (Å²) in [7, 11) is 1.32. The SMILES string of the molecule is COc1cc(C=CC(=O)OC2C(CO)OC(OCCc3ccc(O)c(O)c3)C(OC3OC(CO)C(O)C(O)C3O)C2OC2OC(CO)C(O)C(O)C2O)ccc1O. The second-order valence-electron chi connectivity index (χ2n) is 13.4. The molecule has 0 saturated carbocycles. The van der Waals surface area contributed by atoms with Gasteiger partial charge in [-0.3, -0.25) is 0 Å². The lowest BCUT2D eigenvalue weighted by molar-refractivity contribution is -0.391. The Labute approximate surface area is 324 Å². The smallest absolute Gasteiger partial charge is 0.331 e. The first-order valence-electron chi connectivity index (χ1n) is 17.8. The van der Waals surface area contributed by atoms with E-state index in [1.807, 2.05) is 0 Å². The molecule has 0 aliphatic carbocycles. The molecule has 15 atom stereocenters. The lowest BCUT2D eigenvalue weighted by Crippen LogP contribution is -2.67. The number of aliphatic hydroxyl groups is 9. The lowest BCUT2D eigenvalue weighted by Gasteiger charge is -2.49.